The number of hydrogen-bond acceptors (Lipinski definition) is 11. The van der Waals surface area contributed by atoms with Crippen LogP contribution in [-0.2, 0) is 47.4 Å². The van der Waals surface area contributed by atoms with E-state index >= 15 is 0 Å². The van der Waals surface area contributed by atoms with Crippen LogP contribution in [0, 0.1) is 0 Å². The van der Waals surface area contributed by atoms with Crippen molar-refractivity contribution in [1.82, 2.24) is 0 Å². The van der Waals surface area contributed by atoms with E-state index in [1.165, 1.54) is 64.2 Å². The van der Waals surface area contributed by atoms with E-state index in [2.05, 4.69) is 13.8 Å². The van der Waals surface area contributed by atoms with Gasteiger partial charge in [-0.2, -0.15) is 0 Å². The van der Waals surface area contributed by atoms with Gasteiger partial charge >= 0.3 is 0 Å². The second-order valence-corrected chi connectivity index (χ2v) is 12.0. The standard InChI is InChI=1S/C36H74O11/c1-5-6-7-8-9-10-11-12-13-14-15-17-44-31-34(2)46-33-36(4)47-32-35(3)45-30-29-43-28-27-42-26-25-41-24-23-40-22-21-39-20-19-38-18-16-37/h34-37H,5-33H2,1-4H3. The fourth-order valence-corrected chi connectivity index (χ4v) is 4.44. The van der Waals surface area contributed by atoms with Crippen LogP contribution in [0.3, 0.4) is 0 Å². The molecule has 0 aliphatic heterocycles. The topological polar surface area (TPSA) is 113 Å². The van der Waals surface area contributed by atoms with E-state index in [-0.39, 0.29) is 24.9 Å². The molecule has 0 aliphatic rings. The Bertz CT molecular complexity index is 573. The minimum Gasteiger partial charge on any atom is -0.394 e. The first-order chi connectivity index (χ1) is 23.1. The summed E-state index contributed by atoms with van der Waals surface area (Å²) in [5.74, 6) is 0. The first-order valence-electron chi connectivity index (χ1n) is 18.6. The van der Waals surface area contributed by atoms with Gasteiger partial charge in [0.15, 0.2) is 0 Å². The van der Waals surface area contributed by atoms with Gasteiger partial charge in [-0.25, -0.2) is 0 Å². The number of rotatable bonds is 41. The Hall–Kier alpha value is -0.440. The molecule has 0 aromatic rings. The van der Waals surface area contributed by atoms with Crippen molar-refractivity contribution in [3.8, 4) is 0 Å². The van der Waals surface area contributed by atoms with Gasteiger partial charge in [0.1, 0.15) is 0 Å². The Labute approximate surface area is 287 Å². The highest BCUT2D eigenvalue weighted by Crippen LogP contribution is 2.11. The molecular weight excluding hydrogens is 608 g/mol. The van der Waals surface area contributed by atoms with Gasteiger partial charge in [-0.05, 0) is 27.2 Å². The molecule has 0 bridgehead atoms. The van der Waals surface area contributed by atoms with Gasteiger partial charge in [0.05, 0.1) is 131 Å². The molecule has 11 nitrogen and oxygen atoms in total. The van der Waals surface area contributed by atoms with Crippen LogP contribution in [0.4, 0.5) is 0 Å². The summed E-state index contributed by atoms with van der Waals surface area (Å²) in [5.41, 5.74) is 0. The van der Waals surface area contributed by atoms with E-state index in [1.807, 2.05) is 13.8 Å². The molecule has 0 aliphatic carbocycles. The summed E-state index contributed by atoms with van der Waals surface area (Å²) in [6, 6.07) is 0. The van der Waals surface area contributed by atoms with Crippen molar-refractivity contribution in [3.05, 3.63) is 0 Å². The monoisotopic (exact) mass is 683 g/mol. The number of ether oxygens (including phenoxy) is 10. The lowest BCUT2D eigenvalue weighted by molar-refractivity contribution is -0.0854. The summed E-state index contributed by atoms with van der Waals surface area (Å²) >= 11 is 0. The summed E-state index contributed by atoms with van der Waals surface area (Å²) in [7, 11) is 0. The zero-order valence-electron chi connectivity index (χ0n) is 30.8. The molecule has 1 N–H and O–H groups in total. The van der Waals surface area contributed by atoms with Crippen LogP contribution < -0.4 is 0 Å². The van der Waals surface area contributed by atoms with Crippen molar-refractivity contribution in [1.29, 1.82) is 0 Å². The van der Waals surface area contributed by atoms with Crippen molar-refractivity contribution < 1.29 is 52.5 Å². The van der Waals surface area contributed by atoms with E-state index in [4.69, 9.17) is 52.5 Å². The van der Waals surface area contributed by atoms with Crippen molar-refractivity contribution in [2.24, 2.45) is 0 Å². The van der Waals surface area contributed by atoms with Gasteiger partial charge in [-0.3, -0.25) is 0 Å². The van der Waals surface area contributed by atoms with Gasteiger partial charge in [-0.1, -0.05) is 71.1 Å². The quantitative estimate of drug-likeness (QED) is 0.0811. The molecule has 0 rings (SSSR count). The van der Waals surface area contributed by atoms with Crippen molar-refractivity contribution in [2.75, 3.05) is 119 Å². The molecule has 0 radical (unpaired) electrons. The fraction of sp³-hybridized carbons (Fsp3) is 1.00. The van der Waals surface area contributed by atoms with E-state index in [1.54, 1.807) is 0 Å². The van der Waals surface area contributed by atoms with Crippen LogP contribution in [0.2, 0.25) is 0 Å². The molecule has 0 saturated carbocycles. The maximum Gasteiger partial charge on any atom is 0.0781 e. The van der Waals surface area contributed by atoms with Crippen LogP contribution >= 0.6 is 0 Å². The zero-order chi connectivity index (χ0) is 34.3. The smallest absolute Gasteiger partial charge is 0.0781 e. The predicted octanol–water partition coefficient (Wildman–Crippen LogP) is 5.62. The third-order valence-corrected chi connectivity index (χ3v) is 7.20. The minimum atomic E-state index is -0.0190. The summed E-state index contributed by atoms with van der Waals surface area (Å²) in [4.78, 5) is 0. The van der Waals surface area contributed by atoms with Gasteiger partial charge in [0.25, 0.3) is 0 Å². The van der Waals surface area contributed by atoms with Crippen LogP contribution in [0.1, 0.15) is 98.3 Å². The van der Waals surface area contributed by atoms with E-state index in [0.29, 0.717) is 106 Å². The number of unbranched alkanes of at least 4 members (excludes halogenated alkanes) is 10. The van der Waals surface area contributed by atoms with E-state index < -0.39 is 0 Å². The van der Waals surface area contributed by atoms with Crippen molar-refractivity contribution in [3.63, 3.8) is 0 Å². The summed E-state index contributed by atoms with van der Waals surface area (Å²) in [5, 5.41) is 8.60. The summed E-state index contributed by atoms with van der Waals surface area (Å²) in [6.45, 7) is 17.3. The fourth-order valence-electron chi connectivity index (χ4n) is 4.44. The van der Waals surface area contributed by atoms with Crippen molar-refractivity contribution >= 4 is 0 Å². The van der Waals surface area contributed by atoms with E-state index in [0.717, 1.165) is 13.0 Å². The predicted molar refractivity (Wildman–Crippen MR) is 186 cm³/mol. The molecule has 0 spiro atoms. The number of aliphatic hydroxyl groups excluding tert-OH is 1. The summed E-state index contributed by atoms with van der Waals surface area (Å²) < 4.78 is 55.8. The molecule has 11 heteroatoms. The average Bonchev–Trinajstić information content (AvgIpc) is 3.07. The third kappa shape index (κ3) is 39.9. The largest absolute Gasteiger partial charge is 0.394 e. The molecule has 0 fully saturated rings. The normalized spacial score (nSPS) is 13.7. The van der Waals surface area contributed by atoms with Gasteiger partial charge < -0.3 is 52.5 Å². The first-order valence-corrected chi connectivity index (χ1v) is 18.6. The van der Waals surface area contributed by atoms with Crippen LogP contribution in [-0.4, -0.2) is 142 Å². The molecule has 0 aromatic carbocycles. The second kappa shape index (κ2) is 40.0. The Morgan fingerprint density at radius 2 is 0.681 bits per heavy atom. The number of aliphatic hydroxyl groups is 1. The molecule has 0 aromatic heterocycles. The third-order valence-electron chi connectivity index (χ3n) is 7.20. The Balaban J connectivity index is 3.34. The Morgan fingerprint density at radius 3 is 1.11 bits per heavy atom. The molecule has 0 amide bonds. The lowest BCUT2D eigenvalue weighted by atomic mass is 10.1. The molecule has 3 unspecified atom stereocenters. The van der Waals surface area contributed by atoms with Crippen LogP contribution in [0.5, 0.6) is 0 Å². The van der Waals surface area contributed by atoms with Crippen LogP contribution in [0.15, 0.2) is 0 Å². The highest BCUT2D eigenvalue weighted by Gasteiger charge is 2.10. The summed E-state index contributed by atoms with van der Waals surface area (Å²) in [6.07, 6.45) is 14.8. The minimum absolute atomic E-state index is 0.00548. The maximum atomic E-state index is 8.60. The van der Waals surface area contributed by atoms with Crippen molar-refractivity contribution in [2.45, 2.75) is 117 Å². The lowest BCUT2D eigenvalue weighted by Crippen LogP contribution is -2.27. The SMILES string of the molecule is CCCCCCCCCCCCCOCC(C)OCC(C)OCC(C)OCCOCCOCCOCCOCCOCCOCCO. The van der Waals surface area contributed by atoms with Gasteiger partial charge in [-0.15, -0.1) is 0 Å². The van der Waals surface area contributed by atoms with E-state index in [9.17, 15) is 0 Å². The molecule has 0 saturated heterocycles. The number of hydrogen-bond donors (Lipinski definition) is 1. The second-order valence-electron chi connectivity index (χ2n) is 12.0. The van der Waals surface area contributed by atoms with Gasteiger partial charge in [0, 0.05) is 6.61 Å². The Kier molecular flexibility index (Phi) is 39.6. The molecule has 3 atom stereocenters. The van der Waals surface area contributed by atoms with Crippen LogP contribution in [0.25, 0.3) is 0 Å². The highest BCUT2D eigenvalue weighted by molar-refractivity contribution is 4.56. The zero-order valence-corrected chi connectivity index (χ0v) is 30.8. The van der Waals surface area contributed by atoms with Gasteiger partial charge in [0.2, 0.25) is 0 Å². The molecular formula is C36H74O11. The average molecular weight is 683 g/mol. The lowest BCUT2D eigenvalue weighted by Gasteiger charge is -2.20. The first kappa shape index (κ1) is 46.6. The molecule has 47 heavy (non-hydrogen) atoms. The molecule has 284 valence electrons. The maximum absolute atomic E-state index is 8.60. The Morgan fingerprint density at radius 1 is 0.340 bits per heavy atom. The highest BCUT2D eigenvalue weighted by atomic mass is 16.6. The molecule has 0 heterocycles.